The van der Waals surface area contributed by atoms with Crippen molar-refractivity contribution in [1.82, 2.24) is 5.16 Å². The molecule has 1 saturated carbocycles. The van der Waals surface area contributed by atoms with Gasteiger partial charge < -0.3 is 15.0 Å². The number of nitrogens with two attached hydrogens (primary N) is 1. The van der Waals surface area contributed by atoms with E-state index in [0.29, 0.717) is 12.2 Å². The number of nitrogens with zero attached hydrogens (tertiary/aromatic N) is 2. The van der Waals surface area contributed by atoms with Crippen molar-refractivity contribution in [3.8, 4) is 11.3 Å². The minimum atomic E-state index is 0.408. The summed E-state index contributed by atoms with van der Waals surface area (Å²) < 4.78 is 11.4. The summed E-state index contributed by atoms with van der Waals surface area (Å²) >= 11 is 1.91. The minimum absolute atomic E-state index is 0.408. The number of rotatable bonds is 13. The number of aromatic nitrogens is 1. The monoisotopic (exact) mass is 633 g/mol. The highest BCUT2D eigenvalue weighted by Crippen LogP contribution is 2.35. The Hall–Kier alpha value is -2.57. The molecule has 1 aromatic heterocycles. The number of aliphatic imine (C=N–C) groups is 1. The first-order chi connectivity index (χ1) is 21.8. The van der Waals surface area contributed by atoms with E-state index in [2.05, 4.69) is 63.0 Å². The Morgan fingerprint density at radius 1 is 1.07 bits per heavy atom. The topological polar surface area (TPSA) is 73.6 Å². The van der Waals surface area contributed by atoms with Crippen LogP contribution >= 0.6 is 11.8 Å². The maximum Gasteiger partial charge on any atom is 0.171 e. The molecular formula is C39H59N3O2S. The van der Waals surface area contributed by atoms with Crippen LogP contribution in [0.5, 0.6) is 0 Å². The minimum Gasteiger partial charge on any atom is -0.398 e. The molecule has 1 aliphatic heterocycles. The van der Waals surface area contributed by atoms with Gasteiger partial charge in [0.2, 0.25) is 0 Å². The molecule has 1 saturated heterocycles. The van der Waals surface area contributed by atoms with Crippen LogP contribution in [-0.4, -0.2) is 29.3 Å². The second-order valence-electron chi connectivity index (χ2n) is 12.7. The van der Waals surface area contributed by atoms with Crippen molar-refractivity contribution < 1.29 is 9.26 Å². The van der Waals surface area contributed by atoms with Gasteiger partial charge in [-0.1, -0.05) is 93.9 Å². The summed E-state index contributed by atoms with van der Waals surface area (Å²) in [6, 6.07) is 10.2. The number of ether oxygens (including phenoxy) is 1. The van der Waals surface area contributed by atoms with Crippen molar-refractivity contribution in [3.63, 3.8) is 0 Å². The third kappa shape index (κ3) is 11.6. The van der Waals surface area contributed by atoms with Crippen molar-refractivity contribution in [2.45, 2.75) is 137 Å². The van der Waals surface area contributed by atoms with Crippen molar-refractivity contribution in [2.75, 3.05) is 5.75 Å². The Kier molecular flexibility index (Phi) is 16.3. The SMILES string of the molecule is CC=N/C(C)=C(C(=C\CCC)/CC1CCCCC1)\C(N)=C(/C)CC.Cc1noc(-c2ccccc2)c1CSCC1CCC(C)O1. The number of thioether (sulfide) groups is 1. The molecule has 2 N–H and O–H groups in total. The van der Waals surface area contributed by atoms with E-state index in [-0.39, 0.29) is 0 Å². The van der Waals surface area contributed by atoms with Crippen LogP contribution in [0.2, 0.25) is 0 Å². The van der Waals surface area contributed by atoms with Crippen molar-refractivity contribution in [2.24, 2.45) is 16.6 Å². The number of allylic oxidation sites excluding steroid dienone is 4. The van der Waals surface area contributed by atoms with Crippen LogP contribution in [-0.2, 0) is 10.5 Å². The highest BCUT2D eigenvalue weighted by molar-refractivity contribution is 7.98. The molecule has 0 radical (unpaired) electrons. The van der Waals surface area contributed by atoms with Crippen LogP contribution in [0.1, 0.15) is 123 Å². The molecule has 5 nitrogen and oxygen atoms in total. The lowest BCUT2D eigenvalue weighted by Crippen LogP contribution is -2.13. The van der Waals surface area contributed by atoms with Crippen molar-refractivity contribution in [1.29, 1.82) is 0 Å². The molecule has 2 heterocycles. The normalized spacial score (nSPS) is 20.6. The fourth-order valence-corrected chi connectivity index (χ4v) is 7.42. The molecule has 2 aromatic rings. The average molecular weight is 634 g/mol. The predicted octanol–water partition coefficient (Wildman–Crippen LogP) is 11.1. The Bertz CT molecular complexity index is 1280. The van der Waals surface area contributed by atoms with E-state index >= 15 is 0 Å². The molecule has 0 bridgehead atoms. The van der Waals surface area contributed by atoms with Gasteiger partial charge in [-0.25, -0.2) is 0 Å². The Morgan fingerprint density at radius 2 is 1.80 bits per heavy atom. The first-order valence-electron chi connectivity index (χ1n) is 17.4. The van der Waals surface area contributed by atoms with Crippen molar-refractivity contribution in [3.05, 3.63) is 75.8 Å². The first-order valence-corrected chi connectivity index (χ1v) is 18.5. The van der Waals surface area contributed by atoms with Crippen LogP contribution in [0.15, 0.2) is 74.0 Å². The number of aryl methyl sites for hydroxylation is 1. The van der Waals surface area contributed by atoms with Gasteiger partial charge in [0.05, 0.1) is 17.9 Å². The van der Waals surface area contributed by atoms with Crippen LogP contribution in [0, 0.1) is 12.8 Å². The van der Waals surface area contributed by atoms with Gasteiger partial charge in [-0.05, 0) is 83.8 Å². The van der Waals surface area contributed by atoms with Gasteiger partial charge in [0.25, 0.3) is 0 Å². The fraction of sp³-hybridized carbons (Fsp3) is 0.590. The average Bonchev–Trinajstić information content (AvgIpc) is 3.65. The number of benzene rings is 1. The predicted molar refractivity (Wildman–Crippen MR) is 195 cm³/mol. The molecular weight excluding hydrogens is 575 g/mol. The second kappa shape index (κ2) is 19.8. The molecule has 2 aliphatic rings. The third-order valence-corrected chi connectivity index (χ3v) is 10.2. The van der Waals surface area contributed by atoms with E-state index in [1.807, 2.05) is 50.0 Å². The van der Waals surface area contributed by atoms with E-state index in [1.54, 1.807) is 0 Å². The largest absolute Gasteiger partial charge is 0.398 e. The summed E-state index contributed by atoms with van der Waals surface area (Å²) in [7, 11) is 0. The highest BCUT2D eigenvalue weighted by atomic mass is 32.2. The van der Waals surface area contributed by atoms with Crippen LogP contribution < -0.4 is 5.73 Å². The summed E-state index contributed by atoms with van der Waals surface area (Å²) in [5, 5.41) is 4.14. The summed E-state index contributed by atoms with van der Waals surface area (Å²) in [5.41, 5.74) is 15.8. The van der Waals surface area contributed by atoms with E-state index in [9.17, 15) is 0 Å². The van der Waals surface area contributed by atoms with E-state index < -0.39 is 0 Å². The smallest absolute Gasteiger partial charge is 0.171 e. The van der Waals surface area contributed by atoms with Crippen LogP contribution in [0.4, 0.5) is 0 Å². The Balaban J connectivity index is 0.000000247. The lowest BCUT2D eigenvalue weighted by molar-refractivity contribution is 0.0700. The molecule has 2 unspecified atom stereocenters. The fourth-order valence-electron chi connectivity index (χ4n) is 6.25. The molecule has 6 heteroatoms. The molecule has 45 heavy (non-hydrogen) atoms. The van der Waals surface area contributed by atoms with E-state index in [4.69, 9.17) is 15.0 Å². The van der Waals surface area contributed by atoms with Gasteiger partial charge in [-0.3, -0.25) is 4.99 Å². The highest BCUT2D eigenvalue weighted by Gasteiger charge is 2.23. The zero-order chi connectivity index (χ0) is 32.6. The van der Waals surface area contributed by atoms with E-state index in [1.165, 1.54) is 73.6 Å². The zero-order valence-corrected chi connectivity index (χ0v) is 30.0. The molecule has 1 aromatic carbocycles. The molecule has 248 valence electrons. The van der Waals surface area contributed by atoms with Gasteiger partial charge in [0, 0.05) is 45.8 Å². The molecule has 0 spiro atoms. The quantitative estimate of drug-likeness (QED) is 0.175. The van der Waals surface area contributed by atoms with Crippen LogP contribution in [0.3, 0.4) is 0 Å². The van der Waals surface area contributed by atoms with Gasteiger partial charge in [0.15, 0.2) is 5.76 Å². The summed E-state index contributed by atoms with van der Waals surface area (Å²) in [6.45, 7) is 14.8. The van der Waals surface area contributed by atoms with Crippen LogP contribution in [0.25, 0.3) is 11.3 Å². The third-order valence-electron chi connectivity index (χ3n) is 9.07. The zero-order valence-electron chi connectivity index (χ0n) is 29.2. The number of hydrogen-bond donors (Lipinski definition) is 1. The Morgan fingerprint density at radius 3 is 2.42 bits per heavy atom. The standard InChI is InChI=1S/C22H38N2.C17H21NO2S/c1-6-9-15-20(16-19-13-11-10-12-14-19)21(18(5)24-8-3)22(23)17(4)7-2;1-12-8-9-15(19-12)10-21-11-16-13(2)18-20-17(16)14-6-4-3-5-7-14/h8,15,19H,6-7,9-14,16,23H2,1-5H3;3-7,12,15H,8-11H2,1-2H3/b20-15-,21-18-,22-17-,24-8?;. The lowest BCUT2D eigenvalue weighted by Gasteiger charge is -2.25. The lowest BCUT2D eigenvalue weighted by atomic mass is 9.81. The molecule has 2 fully saturated rings. The Labute approximate surface area is 278 Å². The van der Waals surface area contributed by atoms with Gasteiger partial charge >= 0.3 is 0 Å². The molecule has 1 aliphatic carbocycles. The first kappa shape index (κ1) is 36.9. The number of unbranched alkanes of at least 4 members (excludes halogenated alkanes) is 1. The van der Waals surface area contributed by atoms with E-state index in [0.717, 1.165) is 65.1 Å². The summed E-state index contributed by atoms with van der Waals surface area (Å²) in [4.78, 5) is 4.58. The summed E-state index contributed by atoms with van der Waals surface area (Å²) in [6.07, 6.45) is 18.8. The number of hydrogen-bond acceptors (Lipinski definition) is 6. The molecule has 2 atom stereocenters. The summed E-state index contributed by atoms with van der Waals surface area (Å²) in [5.74, 6) is 3.68. The molecule has 0 amide bonds. The van der Waals surface area contributed by atoms with Gasteiger partial charge in [-0.15, -0.1) is 0 Å². The maximum absolute atomic E-state index is 6.59. The molecule has 4 rings (SSSR count). The van der Waals surface area contributed by atoms with Crippen molar-refractivity contribution >= 4 is 18.0 Å². The maximum atomic E-state index is 6.59. The van der Waals surface area contributed by atoms with Gasteiger partial charge in [0.1, 0.15) is 0 Å². The second-order valence-corrected chi connectivity index (χ2v) is 13.8. The van der Waals surface area contributed by atoms with Gasteiger partial charge in [-0.2, -0.15) is 11.8 Å².